The van der Waals surface area contributed by atoms with E-state index in [0.29, 0.717) is 21.5 Å². The van der Waals surface area contributed by atoms with Gasteiger partial charge in [0.2, 0.25) is 0 Å². The molecule has 0 bridgehead atoms. The number of hydrogen-bond donors (Lipinski definition) is 1. The van der Waals surface area contributed by atoms with Crippen molar-refractivity contribution in [3.05, 3.63) is 44.1 Å². The van der Waals surface area contributed by atoms with Crippen molar-refractivity contribution in [2.24, 2.45) is 0 Å². The third kappa shape index (κ3) is 4.03. The van der Waals surface area contributed by atoms with Gasteiger partial charge in [0.15, 0.2) is 10.6 Å². The van der Waals surface area contributed by atoms with Crippen LogP contribution < -0.4 is 9.47 Å². The Morgan fingerprint density at radius 1 is 1.24 bits per heavy atom. The number of halogens is 2. The highest BCUT2D eigenvalue weighted by Crippen LogP contribution is 2.32. The monoisotopic (exact) mass is 346 g/mol. The predicted octanol–water partition coefficient (Wildman–Crippen LogP) is 4.52. The van der Waals surface area contributed by atoms with Crippen LogP contribution in [0.5, 0.6) is 11.5 Å². The summed E-state index contributed by atoms with van der Waals surface area (Å²) in [4.78, 5) is 12.1. The molecule has 0 saturated carbocycles. The molecule has 112 valence electrons. The summed E-state index contributed by atoms with van der Waals surface area (Å²) in [5, 5.41) is 9.88. The number of hydrogen-bond acceptors (Lipinski definition) is 4. The minimum Gasteiger partial charge on any atom is -0.488 e. The third-order valence-electron chi connectivity index (χ3n) is 2.52. The van der Waals surface area contributed by atoms with Crippen molar-refractivity contribution in [2.75, 3.05) is 13.2 Å². The predicted molar refractivity (Wildman–Crippen MR) is 83.5 cm³/mol. The van der Waals surface area contributed by atoms with Gasteiger partial charge in [0.25, 0.3) is 0 Å². The van der Waals surface area contributed by atoms with E-state index in [1.54, 1.807) is 24.3 Å². The van der Waals surface area contributed by atoms with Gasteiger partial charge < -0.3 is 14.6 Å². The van der Waals surface area contributed by atoms with Gasteiger partial charge in [0.05, 0.1) is 10.0 Å². The summed E-state index contributed by atoms with van der Waals surface area (Å²) in [5.41, 5.74) is 0. The molecule has 21 heavy (non-hydrogen) atoms. The Hall–Kier alpha value is -1.43. The minimum atomic E-state index is -1.00. The molecule has 0 spiro atoms. The van der Waals surface area contributed by atoms with Crippen LogP contribution in [0, 0.1) is 6.92 Å². The number of para-hydroxylation sites is 1. The zero-order valence-electron chi connectivity index (χ0n) is 11.1. The molecule has 0 amide bonds. The van der Waals surface area contributed by atoms with E-state index < -0.39 is 5.97 Å². The molecule has 0 fully saturated rings. The maximum absolute atomic E-state index is 11.0. The third-order valence-corrected chi connectivity index (χ3v) is 4.14. The fourth-order valence-electron chi connectivity index (χ4n) is 1.66. The number of aromatic carboxylic acids is 1. The molecule has 0 atom stereocenters. The first-order valence-electron chi connectivity index (χ1n) is 6.02. The van der Waals surface area contributed by atoms with Gasteiger partial charge in [-0.1, -0.05) is 29.3 Å². The number of benzene rings is 1. The van der Waals surface area contributed by atoms with Gasteiger partial charge in [-0.25, -0.2) is 4.79 Å². The molecular formula is C14H12Cl2O4S. The average Bonchev–Trinajstić information content (AvgIpc) is 2.79. The highest BCUT2D eigenvalue weighted by atomic mass is 35.5. The lowest BCUT2D eigenvalue weighted by Crippen LogP contribution is -2.10. The fourth-order valence-corrected chi connectivity index (χ4v) is 2.96. The van der Waals surface area contributed by atoms with Gasteiger partial charge in [0, 0.05) is 4.88 Å². The van der Waals surface area contributed by atoms with E-state index in [-0.39, 0.29) is 18.1 Å². The van der Waals surface area contributed by atoms with Crippen molar-refractivity contribution in [1.82, 2.24) is 0 Å². The van der Waals surface area contributed by atoms with Gasteiger partial charge in [-0.3, -0.25) is 0 Å². The van der Waals surface area contributed by atoms with E-state index in [9.17, 15) is 4.79 Å². The number of rotatable bonds is 6. The molecular weight excluding hydrogens is 335 g/mol. The molecule has 0 unspecified atom stereocenters. The number of carboxylic acid groups (broad SMARTS) is 1. The van der Waals surface area contributed by atoms with Gasteiger partial charge in [-0.05, 0) is 25.1 Å². The van der Waals surface area contributed by atoms with Crippen LogP contribution in [0.25, 0.3) is 0 Å². The molecule has 2 aromatic rings. The van der Waals surface area contributed by atoms with E-state index in [2.05, 4.69) is 0 Å². The zero-order chi connectivity index (χ0) is 15.4. The van der Waals surface area contributed by atoms with E-state index in [1.165, 1.54) is 11.3 Å². The molecule has 0 aliphatic carbocycles. The number of carboxylic acids is 1. The standard InChI is InChI=1S/C14H12Cl2O4S/c1-8-7-11(13(21-8)14(17)18)19-5-6-20-12-9(15)3-2-4-10(12)16/h2-4,7H,5-6H2,1H3,(H,17,18). The van der Waals surface area contributed by atoms with E-state index in [4.69, 9.17) is 37.8 Å². The minimum absolute atomic E-state index is 0.184. The fraction of sp³-hybridized carbons (Fsp3) is 0.214. The highest BCUT2D eigenvalue weighted by Gasteiger charge is 2.15. The normalized spacial score (nSPS) is 10.4. The first kappa shape index (κ1) is 15.9. The Labute approximate surface area is 135 Å². The lowest BCUT2D eigenvalue weighted by molar-refractivity contribution is 0.0697. The summed E-state index contributed by atoms with van der Waals surface area (Å²) < 4.78 is 10.9. The van der Waals surface area contributed by atoms with E-state index in [1.807, 2.05) is 6.92 Å². The van der Waals surface area contributed by atoms with E-state index in [0.717, 1.165) is 4.88 Å². The first-order chi connectivity index (χ1) is 9.99. The van der Waals surface area contributed by atoms with Crippen LogP contribution in [-0.2, 0) is 0 Å². The van der Waals surface area contributed by atoms with Crippen LogP contribution in [0.15, 0.2) is 24.3 Å². The smallest absolute Gasteiger partial charge is 0.349 e. The second-order valence-electron chi connectivity index (χ2n) is 4.10. The van der Waals surface area contributed by atoms with Crippen LogP contribution in [0.2, 0.25) is 10.0 Å². The topological polar surface area (TPSA) is 55.8 Å². The highest BCUT2D eigenvalue weighted by molar-refractivity contribution is 7.14. The second-order valence-corrected chi connectivity index (χ2v) is 6.17. The summed E-state index contributed by atoms with van der Waals surface area (Å²) in [6.45, 7) is 2.22. The Morgan fingerprint density at radius 2 is 1.86 bits per heavy atom. The molecule has 7 heteroatoms. The maximum Gasteiger partial charge on any atom is 0.349 e. The Balaban J connectivity index is 1.92. The maximum atomic E-state index is 11.0. The number of aryl methyl sites for hydroxylation is 1. The van der Waals surface area contributed by atoms with E-state index >= 15 is 0 Å². The van der Waals surface area contributed by atoms with Crippen molar-refractivity contribution in [3.8, 4) is 11.5 Å². The van der Waals surface area contributed by atoms with Crippen molar-refractivity contribution >= 4 is 40.5 Å². The van der Waals surface area contributed by atoms with Crippen LogP contribution in [-0.4, -0.2) is 24.3 Å². The van der Waals surface area contributed by atoms with Crippen LogP contribution in [0.3, 0.4) is 0 Å². The van der Waals surface area contributed by atoms with Gasteiger partial charge in [0.1, 0.15) is 19.0 Å². The van der Waals surface area contributed by atoms with Gasteiger partial charge >= 0.3 is 5.97 Å². The molecule has 0 aliphatic heterocycles. The Morgan fingerprint density at radius 3 is 2.48 bits per heavy atom. The number of carbonyl (C=O) groups is 1. The number of thiophene rings is 1. The van der Waals surface area contributed by atoms with Gasteiger partial charge in [-0.2, -0.15) is 0 Å². The lowest BCUT2D eigenvalue weighted by atomic mass is 10.3. The molecule has 1 aromatic heterocycles. The summed E-state index contributed by atoms with van der Waals surface area (Å²) in [6.07, 6.45) is 0. The van der Waals surface area contributed by atoms with Crippen molar-refractivity contribution in [3.63, 3.8) is 0 Å². The Bertz CT molecular complexity index is 634. The van der Waals surface area contributed by atoms with Crippen LogP contribution >= 0.6 is 34.5 Å². The number of ether oxygens (including phenoxy) is 2. The molecule has 0 saturated heterocycles. The largest absolute Gasteiger partial charge is 0.488 e. The summed E-state index contributed by atoms with van der Waals surface area (Å²) in [5.74, 6) is -0.263. The second kappa shape index (κ2) is 7.02. The lowest BCUT2D eigenvalue weighted by Gasteiger charge is -2.10. The van der Waals surface area contributed by atoms with Crippen molar-refractivity contribution in [2.45, 2.75) is 6.92 Å². The summed E-state index contributed by atoms with van der Waals surface area (Å²) in [7, 11) is 0. The summed E-state index contributed by atoms with van der Waals surface area (Å²) >= 11 is 13.1. The van der Waals surface area contributed by atoms with Crippen molar-refractivity contribution in [1.29, 1.82) is 0 Å². The Kier molecular flexibility index (Phi) is 5.33. The zero-order valence-corrected chi connectivity index (χ0v) is 13.4. The summed E-state index contributed by atoms with van der Waals surface area (Å²) in [6, 6.07) is 6.76. The van der Waals surface area contributed by atoms with Crippen LogP contribution in [0.1, 0.15) is 14.5 Å². The average molecular weight is 347 g/mol. The molecule has 4 nitrogen and oxygen atoms in total. The van der Waals surface area contributed by atoms with Crippen LogP contribution in [0.4, 0.5) is 0 Å². The molecule has 0 radical (unpaired) electrons. The molecule has 1 heterocycles. The SMILES string of the molecule is Cc1cc(OCCOc2c(Cl)cccc2Cl)c(C(=O)O)s1. The molecule has 1 N–H and O–H groups in total. The van der Waals surface area contributed by atoms with Gasteiger partial charge in [-0.15, -0.1) is 11.3 Å². The molecule has 1 aromatic carbocycles. The quantitative estimate of drug-likeness (QED) is 0.781. The molecule has 2 rings (SSSR count). The molecule has 0 aliphatic rings. The van der Waals surface area contributed by atoms with Crippen molar-refractivity contribution < 1.29 is 19.4 Å². The first-order valence-corrected chi connectivity index (χ1v) is 7.59.